The molecule has 0 saturated carbocycles. The smallest absolute Gasteiger partial charge is 0.244 e. The molecule has 4 rings (SSSR count). The van der Waals surface area contributed by atoms with Crippen LogP contribution in [0, 0.1) is 24.2 Å². The van der Waals surface area contributed by atoms with Crippen molar-refractivity contribution in [1.82, 2.24) is 14.8 Å². The quantitative estimate of drug-likeness (QED) is 0.758. The van der Waals surface area contributed by atoms with Crippen LogP contribution in [0.3, 0.4) is 0 Å². The molecule has 132 valence electrons. The Morgan fingerprint density at radius 2 is 2.15 bits per heavy atom. The molecular formula is C20H21N5O. The standard InChI is InChI=1S/C20H21N5O/c1-11(2)9-25-10-15(13-6-4-5-7-16(13)25)18-14(8-21)19(22)26-20-17(18)12(3)23-24-20/h4-7,10-11,18H,9,22H2,1-3H3,(H,23,24). The van der Waals surface area contributed by atoms with Gasteiger partial charge < -0.3 is 15.0 Å². The number of aromatic nitrogens is 3. The molecule has 1 unspecified atom stereocenters. The van der Waals surface area contributed by atoms with Crippen molar-refractivity contribution in [2.45, 2.75) is 33.2 Å². The fraction of sp³-hybridized carbons (Fsp3) is 0.300. The Morgan fingerprint density at radius 1 is 1.38 bits per heavy atom. The molecule has 1 aliphatic heterocycles. The summed E-state index contributed by atoms with van der Waals surface area (Å²) in [5, 5.41) is 18.1. The molecule has 26 heavy (non-hydrogen) atoms. The van der Waals surface area contributed by atoms with Crippen LogP contribution in [0.2, 0.25) is 0 Å². The lowest BCUT2D eigenvalue weighted by atomic mass is 9.84. The van der Waals surface area contributed by atoms with Gasteiger partial charge in [0.15, 0.2) is 0 Å². The fourth-order valence-electron chi connectivity index (χ4n) is 3.76. The summed E-state index contributed by atoms with van der Waals surface area (Å²) in [6.45, 7) is 7.23. The number of hydrogen-bond acceptors (Lipinski definition) is 4. The normalized spacial score (nSPS) is 16.7. The topological polar surface area (TPSA) is 92.7 Å². The van der Waals surface area contributed by atoms with Gasteiger partial charge in [0.1, 0.15) is 11.6 Å². The number of para-hydroxylation sites is 1. The second-order valence-electron chi connectivity index (χ2n) is 7.14. The molecule has 6 nitrogen and oxygen atoms in total. The molecule has 0 amide bonds. The fourth-order valence-corrected chi connectivity index (χ4v) is 3.76. The molecule has 1 aromatic carbocycles. The van der Waals surface area contributed by atoms with Crippen LogP contribution in [0.15, 0.2) is 41.9 Å². The minimum absolute atomic E-state index is 0.122. The predicted molar refractivity (Wildman–Crippen MR) is 99.4 cm³/mol. The van der Waals surface area contributed by atoms with Gasteiger partial charge in [-0.1, -0.05) is 32.0 Å². The summed E-state index contributed by atoms with van der Waals surface area (Å²) in [6.07, 6.45) is 2.14. The number of aromatic amines is 1. The van der Waals surface area contributed by atoms with Gasteiger partial charge in [0.25, 0.3) is 0 Å². The van der Waals surface area contributed by atoms with E-state index >= 15 is 0 Å². The van der Waals surface area contributed by atoms with Gasteiger partial charge in [0.2, 0.25) is 11.8 Å². The molecule has 0 bridgehead atoms. The maximum absolute atomic E-state index is 9.77. The van der Waals surface area contributed by atoms with Gasteiger partial charge in [-0.25, -0.2) is 0 Å². The third-order valence-electron chi connectivity index (χ3n) is 4.82. The predicted octanol–water partition coefficient (Wildman–Crippen LogP) is 3.55. The van der Waals surface area contributed by atoms with E-state index in [-0.39, 0.29) is 11.8 Å². The van der Waals surface area contributed by atoms with Gasteiger partial charge in [-0.3, -0.25) is 5.10 Å². The number of H-pyrrole nitrogens is 1. The highest BCUT2D eigenvalue weighted by Gasteiger charge is 2.35. The van der Waals surface area contributed by atoms with Gasteiger partial charge in [-0.2, -0.15) is 5.26 Å². The first-order valence-electron chi connectivity index (χ1n) is 8.71. The molecule has 1 aliphatic rings. The molecule has 0 aliphatic carbocycles. The highest BCUT2D eigenvalue weighted by atomic mass is 16.5. The number of nitriles is 1. The molecule has 2 aromatic heterocycles. The van der Waals surface area contributed by atoms with Crippen molar-refractivity contribution in [3.63, 3.8) is 0 Å². The highest BCUT2D eigenvalue weighted by molar-refractivity contribution is 5.86. The van der Waals surface area contributed by atoms with E-state index in [0.29, 0.717) is 17.4 Å². The van der Waals surface area contributed by atoms with Crippen LogP contribution in [-0.4, -0.2) is 14.8 Å². The van der Waals surface area contributed by atoms with Crippen molar-refractivity contribution in [3.05, 3.63) is 58.7 Å². The summed E-state index contributed by atoms with van der Waals surface area (Å²) in [5.41, 5.74) is 10.4. The molecule has 3 heterocycles. The molecule has 0 saturated heterocycles. The zero-order chi connectivity index (χ0) is 18.4. The molecular weight excluding hydrogens is 326 g/mol. The first-order chi connectivity index (χ1) is 12.5. The summed E-state index contributed by atoms with van der Waals surface area (Å²) in [6, 6.07) is 10.5. The second kappa shape index (κ2) is 5.95. The first kappa shape index (κ1) is 16.3. The average molecular weight is 347 g/mol. The van der Waals surface area contributed by atoms with Crippen molar-refractivity contribution in [2.75, 3.05) is 0 Å². The molecule has 3 aromatic rings. The van der Waals surface area contributed by atoms with E-state index in [2.05, 4.69) is 53.0 Å². The van der Waals surface area contributed by atoms with Crippen molar-refractivity contribution in [1.29, 1.82) is 5.26 Å². The van der Waals surface area contributed by atoms with Crippen LogP contribution in [0.5, 0.6) is 5.88 Å². The lowest BCUT2D eigenvalue weighted by molar-refractivity contribution is 0.379. The minimum atomic E-state index is -0.291. The van der Waals surface area contributed by atoms with Crippen LogP contribution >= 0.6 is 0 Å². The second-order valence-corrected chi connectivity index (χ2v) is 7.14. The Bertz CT molecular complexity index is 1060. The van der Waals surface area contributed by atoms with Crippen molar-refractivity contribution in [3.8, 4) is 11.9 Å². The van der Waals surface area contributed by atoms with Gasteiger partial charge in [-0.05, 0) is 24.5 Å². The summed E-state index contributed by atoms with van der Waals surface area (Å²) in [5.74, 6) is 0.790. The van der Waals surface area contributed by atoms with E-state index in [4.69, 9.17) is 10.5 Å². The number of hydrogen-bond donors (Lipinski definition) is 2. The van der Waals surface area contributed by atoms with Gasteiger partial charge in [0.05, 0.1) is 5.92 Å². The number of benzene rings is 1. The molecule has 0 fully saturated rings. The number of aryl methyl sites for hydroxylation is 1. The number of nitrogens with one attached hydrogen (secondary N) is 1. The minimum Gasteiger partial charge on any atom is -0.420 e. The lowest BCUT2D eigenvalue weighted by Crippen LogP contribution is -2.21. The van der Waals surface area contributed by atoms with E-state index in [1.807, 2.05) is 19.1 Å². The number of ether oxygens (including phenoxy) is 1. The Morgan fingerprint density at radius 3 is 2.88 bits per heavy atom. The molecule has 0 spiro atoms. The monoisotopic (exact) mass is 347 g/mol. The van der Waals surface area contributed by atoms with E-state index < -0.39 is 0 Å². The zero-order valence-electron chi connectivity index (χ0n) is 15.1. The maximum Gasteiger partial charge on any atom is 0.244 e. The Kier molecular flexibility index (Phi) is 3.73. The zero-order valence-corrected chi connectivity index (χ0v) is 15.1. The van der Waals surface area contributed by atoms with E-state index in [9.17, 15) is 5.26 Å². The number of allylic oxidation sites excluding steroid dienone is 1. The third-order valence-corrected chi connectivity index (χ3v) is 4.82. The number of rotatable bonds is 3. The summed E-state index contributed by atoms with van der Waals surface area (Å²) in [7, 11) is 0. The maximum atomic E-state index is 9.77. The van der Waals surface area contributed by atoms with Crippen LogP contribution in [0.25, 0.3) is 10.9 Å². The van der Waals surface area contributed by atoms with Gasteiger partial charge >= 0.3 is 0 Å². The van der Waals surface area contributed by atoms with E-state index in [1.54, 1.807) is 0 Å². The van der Waals surface area contributed by atoms with Crippen molar-refractivity contribution < 1.29 is 4.74 Å². The highest BCUT2D eigenvalue weighted by Crippen LogP contribution is 2.45. The number of nitrogens with zero attached hydrogens (tertiary/aromatic N) is 3. The number of fused-ring (bicyclic) bond motifs is 2. The van der Waals surface area contributed by atoms with E-state index in [0.717, 1.165) is 34.3 Å². The first-order valence-corrected chi connectivity index (χ1v) is 8.71. The summed E-state index contributed by atoms with van der Waals surface area (Å²) < 4.78 is 7.83. The Labute approximate surface area is 151 Å². The van der Waals surface area contributed by atoms with E-state index in [1.165, 1.54) is 0 Å². The SMILES string of the molecule is Cc1[nH]nc2c1C(c1cn(CC(C)C)c3ccccc13)C(C#N)=C(N)O2. The molecule has 0 radical (unpaired) electrons. The number of nitrogens with two attached hydrogens (primary N) is 1. The summed E-state index contributed by atoms with van der Waals surface area (Å²) in [4.78, 5) is 0. The molecule has 3 N–H and O–H groups in total. The lowest BCUT2D eigenvalue weighted by Gasteiger charge is -2.23. The largest absolute Gasteiger partial charge is 0.420 e. The van der Waals surface area contributed by atoms with Crippen molar-refractivity contribution >= 4 is 10.9 Å². The van der Waals surface area contributed by atoms with Crippen LogP contribution in [0.1, 0.15) is 36.6 Å². The van der Waals surface area contributed by atoms with Crippen LogP contribution < -0.4 is 10.5 Å². The Balaban J connectivity index is 2.00. The third kappa shape index (κ3) is 2.36. The van der Waals surface area contributed by atoms with Gasteiger partial charge in [0, 0.05) is 34.9 Å². The van der Waals surface area contributed by atoms with Crippen molar-refractivity contribution in [2.24, 2.45) is 11.7 Å². The van der Waals surface area contributed by atoms with Crippen LogP contribution in [0.4, 0.5) is 0 Å². The average Bonchev–Trinajstić information content (AvgIpc) is 3.15. The molecule has 1 atom stereocenters. The van der Waals surface area contributed by atoms with Crippen LogP contribution in [-0.2, 0) is 6.54 Å². The Hall–Kier alpha value is -3.20. The van der Waals surface area contributed by atoms with Gasteiger partial charge in [-0.15, -0.1) is 5.10 Å². The summed E-state index contributed by atoms with van der Waals surface area (Å²) >= 11 is 0. The molecule has 6 heteroatoms.